The van der Waals surface area contributed by atoms with E-state index in [-0.39, 0.29) is 0 Å². The van der Waals surface area contributed by atoms with Crippen molar-refractivity contribution in [3.05, 3.63) is 158 Å². The first-order valence-corrected chi connectivity index (χ1v) is 16.1. The summed E-state index contributed by atoms with van der Waals surface area (Å²) in [6.45, 7) is 0. The Kier molecular flexibility index (Phi) is 4.84. The van der Waals surface area contributed by atoms with Gasteiger partial charge in [-0.25, -0.2) is 0 Å². The lowest BCUT2D eigenvalue weighted by Gasteiger charge is -2.14. The van der Waals surface area contributed by atoms with Gasteiger partial charge in [0.2, 0.25) is 0 Å². The highest BCUT2D eigenvalue weighted by Crippen LogP contribution is 2.47. The lowest BCUT2D eigenvalue weighted by Crippen LogP contribution is -1.99. The van der Waals surface area contributed by atoms with E-state index in [4.69, 9.17) is 4.42 Å². The fraction of sp³-hybridized carbons (Fsp3) is 0. The van der Waals surface area contributed by atoms with E-state index < -0.39 is 0 Å². The molecule has 0 unspecified atom stereocenters. The van der Waals surface area contributed by atoms with Crippen LogP contribution >= 0.6 is 0 Å². The first kappa shape index (κ1) is 24.9. The first-order chi connectivity index (χ1) is 23.3. The number of aromatic nitrogens is 2. The van der Waals surface area contributed by atoms with Gasteiger partial charge in [0, 0.05) is 44.1 Å². The van der Waals surface area contributed by atoms with Gasteiger partial charge in [-0.15, -0.1) is 0 Å². The Morgan fingerprint density at radius 3 is 1.51 bits per heavy atom. The van der Waals surface area contributed by atoms with Gasteiger partial charge in [-0.2, -0.15) is 0 Å². The van der Waals surface area contributed by atoms with Crippen molar-refractivity contribution in [1.82, 2.24) is 9.13 Å². The molecule has 3 aromatic heterocycles. The fourth-order valence-corrected chi connectivity index (χ4v) is 8.10. The summed E-state index contributed by atoms with van der Waals surface area (Å²) >= 11 is 0. The van der Waals surface area contributed by atoms with Crippen LogP contribution in [-0.2, 0) is 0 Å². The van der Waals surface area contributed by atoms with Crippen LogP contribution in [0.2, 0.25) is 0 Å². The summed E-state index contributed by atoms with van der Waals surface area (Å²) in [5.74, 6) is 0. The van der Waals surface area contributed by atoms with Gasteiger partial charge in [0.25, 0.3) is 0 Å². The average Bonchev–Trinajstić information content (AvgIpc) is 3.78. The summed E-state index contributed by atoms with van der Waals surface area (Å²) in [5.41, 5.74) is 8.80. The molecule has 0 saturated heterocycles. The lowest BCUT2D eigenvalue weighted by atomic mass is 9.98. The lowest BCUT2D eigenvalue weighted by molar-refractivity contribution is 0.669. The number of benzene rings is 8. The molecule has 47 heavy (non-hydrogen) atoms. The number of nitrogens with zero attached hydrogens (tertiary/aromatic N) is 2. The third kappa shape index (κ3) is 3.30. The molecule has 3 nitrogen and oxygen atoms in total. The van der Waals surface area contributed by atoms with Crippen molar-refractivity contribution in [1.29, 1.82) is 0 Å². The predicted octanol–water partition coefficient (Wildman–Crippen LogP) is 12.1. The third-order valence-electron chi connectivity index (χ3n) is 10.0. The Bertz CT molecular complexity index is 3070. The van der Waals surface area contributed by atoms with Crippen molar-refractivity contribution < 1.29 is 4.42 Å². The molecule has 0 radical (unpaired) electrons. The molecule has 11 rings (SSSR count). The summed E-state index contributed by atoms with van der Waals surface area (Å²) in [6, 6.07) is 57.0. The maximum absolute atomic E-state index is 6.60. The largest absolute Gasteiger partial charge is 0.456 e. The molecular formula is C44H26N2O. The molecule has 8 aromatic carbocycles. The summed E-state index contributed by atoms with van der Waals surface area (Å²) in [5, 5.41) is 12.2. The SMILES string of the molecule is c1ccc(-n2c3ccccc3c3c4ccccc4c4c5ccccc5n(-c5ccc6c(c5)oc5cc7ccccc7cc56)c4c32)cc1. The van der Waals surface area contributed by atoms with Crippen molar-refractivity contribution in [3.63, 3.8) is 0 Å². The smallest absolute Gasteiger partial charge is 0.137 e. The van der Waals surface area contributed by atoms with E-state index in [1.54, 1.807) is 0 Å². The predicted molar refractivity (Wildman–Crippen MR) is 197 cm³/mol. The molecule has 0 aliphatic rings. The highest BCUT2D eigenvalue weighted by Gasteiger charge is 2.24. The van der Waals surface area contributed by atoms with Crippen molar-refractivity contribution in [2.24, 2.45) is 0 Å². The standard InChI is InChI=1S/C44H26N2O/c1-2-14-29(15-3-1)45-37-20-10-8-18-34(37)41-32-16-6-7-17-33(32)42-35-19-9-11-21-38(35)46(44(42)43(41)45)30-22-23-31-36-24-27-12-4-5-13-28(27)25-39(36)47-40(31)26-30/h1-26H. The highest BCUT2D eigenvalue weighted by molar-refractivity contribution is 6.36. The number of para-hydroxylation sites is 3. The van der Waals surface area contributed by atoms with Crippen LogP contribution in [0.25, 0.3) is 98.5 Å². The molecule has 0 saturated carbocycles. The van der Waals surface area contributed by atoms with E-state index in [0.717, 1.165) is 33.3 Å². The Morgan fingerprint density at radius 2 is 0.851 bits per heavy atom. The molecule has 218 valence electrons. The molecule has 11 aromatic rings. The van der Waals surface area contributed by atoms with Crippen molar-refractivity contribution >= 4 is 87.1 Å². The second kappa shape index (κ2) is 9.12. The Labute approximate surface area is 269 Å². The van der Waals surface area contributed by atoms with E-state index in [1.165, 1.54) is 65.2 Å². The van der Waals surface area contributed by atoms with Crippen molar-refractivity contribution in [2.75, 3.05) is 0 Å². The van der Waals surface area contributed by atoms with Gasteiger partial charge < -0.3 is 13.6 Å². The molecule has 0 aliphatic heterocycles. The summed E-state index contributed by atoms with van der Waals surface area (Å²) < 4.78 is 11.5. The molecule has 3 heterocycles. The van der Waals surface area contributed by atoms with Crippen LogP contribution in [0.4, 0.5) is 0 Å². The van der Waals surface area contributed by atoms with Crippen molar-refractivity contribution in [3.8, 4) is 11.4 Å². The van der Waals surface area contributed by atoms with E-state index in [1.807, 2.05) is 0 Å². The van der Waals surface area contributed by atoms with Gasteiger partial charge >= 0.3 is 0 Å². The monoisotopic (exact) mass is 598 g/mol. The minimum atomic E-state index is 0.888. The summed E-state index contributed by atoms with van der Waals surface area (Å²) in [4.78, 5) is 0. The summed E-state index contributed by atoms with van der Waals surface area (Å²) in [6.07, 6.45) is 0. The fourth-order valence-electron chi connectivity index (χ4n) is 8.10. The quantitative estimate of drug-likeness (QED) is 0.194. The molecule has 0 bridgehead atoms. The zero-order chi connectivity index (χ0) is 30.6. The van der Waals surface area contributed by atoms with Crippen LogP contribution in [0.3, 0.4) is 0 Å². The third-order valence-corrected chi connectivity index (χ3v) is 10.0. The number of furan rings is 1. The van der Waals surface area contributed by atoms with Gasteiger partial charge in [0.15, 0.2) is 0 Å². The normalized spacial score (nSPS) is 12.3. The van der Waals surface area contributed by atoms with Gasteiger partial charge in [-0.05, 0) is 70.1 Å². The average molecular weight is 599 g/mol. The number of hydrogen-bond acceptors (Lipinski definition) is 1. The van der Waals surface area contributed by atoms with E-state index >= 15 is 0 Å². The van der Waals surface area contributed by atoms with Gasteiger partial charge in [-0.3, -0.25) is 0 Å². The van der Waals surface area contributed by atoms with Gasteiger partial charge in [-0.1, -0.05) is 103 Å². The summed E-state index contributed by atoms with van der Waals surface area (Å²) in [7, 11) is 0. The van der Waals surface area contributed by atoms with Crippen LogP contribution in [0.1, 0.15) is 0 Å². The molecule has 3 heteroatoms. The number of fused-ring (bicyclic) bond motifs is 14. The Morgan fingerprint density at radius 1 is 0.340 bits per heavy atom. The van der Waals surface area contributed by atoms with E-state index in [2.05, 4.69) is 167 Å². The van der Waals surface area contributed by atoms with Gasteiger partial charge in [0.05, 0.1) is 27.8 Å². The van der Waals surface area contributed by atoms with Crippen LogP contribution in [0, 0.1) is 0 Å². The molecule has 0 amide bonds. The van der Waals surface area contributed by atoms with Crippen molar-refractivity contribution in [2.45, 2.75) is 0 Å². The van der Waals surface area contributed by atoms with Crippen LogP contribution < -0.4 is 0 Å². The minimum Gasteiger partial charge on any atom is -0.456 e. The topological polar surface area (TPSA) is 23.0 Å². The van der Waals surface area contributed by atoms with Crippen LogP contribution in [0.5, 0.6) is 0 Å². The van der Waals surface area contributed by atoms with Crippen LogP contribution in [-0.4, -0.2) is 9.13 Å². The van der Waals surface area contributed by atoms with Crippen LogP contribution in [0.15, 0.2) is 162 Å². The molecule has 0 N–H and O–H groups in total. The molecular weight excluding hydrogens is 572 g/mol. The molecule has 0 atom stereocenters. The second-order valence-electron chi connectivity index (χ2n) is 12.5. The second-order valence-corrected chi connectivity index (χ2v) is 12.5. The molecule has 0 spiro atoms. The first-order valence-electron chi connectivity index (χ1n) is 16.1. The zero-order valence-electron chi connectivity index (χ0n) is 25.3. The highest BCUT2D eigenvalue weighted by atomic mass is 16.3. The molecule has 0 aliphatic carbocycles. The maximum atomic E-state index is 6.60. The zero-order valence-corrected chi connectivity index (χ0v) is 25.3. The Balaban J connectivity index is 1.36. The minimum absolute atomic E-state index is 0.888. The van der Waals surface area contributed by atoms with E-state index in [9.17, 15) is 0 Å². The molecule has 0 fully saturated rings. The maximum Gasteiger partial charge on any atom is 0.137 e. The number of hydrogen-bond donors (Lipinski definition) is 0. The van der Waals surface area contributed by atoms with E-state index in [0.29, 0.717) is 0 Å². The Hall–Kier alpha value is -6.32. The van der Waals surface area contributed by atoms with Gasteiger partial charge in [0.1, 0.15) is 11.2 Å². The number of rotatable bonds is 2.